The van der Waals surface area contributed by atoms with E-state index < -0.39 is 53.0 Å². The van der Waals surface area contributed by atoms with Crippen molar-refractivity contribution in [3.8, 4) is 0 Å². The summed E-state index contributed by atoms with van der Waals surface area (Å²) in [6.45, 7) is 10.9. The Kier molecular flexibility index (Phi) is 8.97. The highest BCUT2D eigenvalue weighted by atomic mass is 16.4. The van der Waals surface area contributed by atoms with E-state index in [9.17, 15) is 24.0 Å². The van der Waals surface area contributed by atoms with Crippen molar-refractivity contribution in [1.82, 2.24) is 20.0 Å². The van der Waals surface area contributed by atoms with Crippen LogP contribution < -0.4 is 5.32 Å². The molecule has 0 aromatic heterocycles. The van der Waals surface area contributed by atoms with Crippen molar-refractivity contribution in [1.29, 1.82) is 0 Å². The normalized spacial score (nSPS) is 18.0. The fourth-order valence-corrected chi connectivity index (χ4v) is 3.60. The van der Waals surface area contributed by atoms with Crippen molar-refractivity contribution < 1.29 is 29.1 Å². The molecule has 2 atom stereocenters. The molecule has 0 bridgehead atoms. The second-order valence-electron chi connectivity index (χ2n) is 10.5. The molecule has 0 aliphatic carbocycles. The van der Waals surface area contributed by atoms with Crippen LogP contribution in [-0.4, -0.2) is 95.7 Å². The molecule has 1 unspecified atom stereocenters. The van der Waals surface area contributed by atoms with Gasteiger partial charge in [-0.05, 0) is 5.41 Å². The third kappa shape index (κ3) is 7.01. The predicted octanol–water partition coefficient (Wildman–Crippen LogP) is 0.413. The number of likely N-dealkylation sites (N-methyl/N-ethyl adjacent to an activating group) is 2. The molecule has 4 amide bonds. The molecule has 0 aromatic carbocycles. The zero-order valence-corrected chi connectivity index (χ0v) is 20.5. The van der Waals surface area contributed by atoms with E-state index in [1.807, 2.05) is 20.8 Å². The number of rotatable bonds is 9. The molecule has 0 radical (unpaired) electrons. The molecule has 0 aromatic rings. The van der Waals surface area contributed by atoms with Crippen LogP contribution in [-0.2, 0) is 24.0 Å². The first-order valence-corrected chi connectivity index (χ1v) is 10.8. The molecule has 0 saturated carbocycles. The van der Waals surface area contributed by atoms with E-state index in [-0.39, 0.29) is 32.0 Å². The number of nitrogens with zero attached hydrogens (tertiary/aromatic N) is 3. The molecule has 10 heteroatoms. The van der Waals surface area contributed by atoms with Gasteiger partial charge >= 0.3 is 5.97 Å². The molecular formula is C22H38N4O6. The summed E-state index contributed by atoms with van der Waals surface area (Å²) in [7, 11) is 3.19. The lowest BCUT2D eigenvalue weighted by atomic mass is 9.80. The van der Waals surface area contributed by atoms with Crippen LogP contribution in [0.15, 0.2) is 0 Å². The zero-order valence-electron chi connectivity index (χ0n) is 20.5. The van der Waals surface area contributed by atoms with Gasteiger partial charge < -0.3 is 20.2 Å². The van der Waals surface area contributed by atoms with Crippen LogP contribution in [0, 0.1) is 16.7 Å². The zero-order chi connectivity index (χ0) is 25.0. The van der Waals surface area contributed by atoms with Crippen LogP contribution >= 0.6 is 0 Å². The summed E-state index contributed by atoms with van der Waals surface area (Å²) in [5.74, 6) is -3.10. The summed E-state index contributed by atoms with van der Waals surface area (Å²) in [5.41, 5.74) is -1.01. The minimum Gasteiger partial charge on any atom is -0.480 e. The lowest BCUT2D eigenvalue weighted by molar-refractivity contribution is -0.151. The number of imide groups is 1. The number of carbonyl (C=O) groups excluding carboxylic acids is 4. The Morgan fingerprint density at radius 2 is 1.59 bits per heavy atom. The number of hydrogen-bond donors (Lipinski definition) is 2. The van der Waals surface area contributed by atoms with Gasteiger partial charge in [-0.3, -0.25) is 28.9 Å². The van der Waals surface area contributed by atoms with Gasteiger partial charge in [0, 0.05) is 45.6 Å². The first-order valence-electron chi connectivity index (χ1n) is 10.8. The Morgan fingerprint density at radius 1 is 1.06 bits per heavy atom. The predicted molar refractivity (Wildman–Crippen MR) is 118 cm³/mol. The summed E-state index contributed by atoms with van der Waals surface area (Å²) in [4.78, 5) is 66.1. The number of amides is 4. The highest BCUT2D eigenvalue weighted by molar-refractivity contribution is 6.07. The summed E-state index contributed by atoms with van der Waals surface area (Å²) in [6.07, 6.45) is 0.0115. The smallest absolute Gasteiger partial charge is 0.317 e. The summed E-state index contributed by atoms with van der Waals surface area (Å²) >= 11 is 0. The average molecular weight is 455 g/mol. The topological polar surface area (TPSA) is 127 Å². The highest BCUT2D eigenvalue weighted by Gasteiger charge is 2.49. The van der Waals surface area contributed by atoms with Crippen molar-refractivity contribution in [3.63, 3.8) is 0 Å². The molecule has 1 saturated heterocycles. The van der Waals surface area contributed by atoms with Gasteiger partial charge in [0.15, 0.2) is 0 Å². The second-order valence-corrected chi connectivity index (χ2v) is 10.5. The monoisotopic (exact) mass is 454 g/mol. The molecule has 0 spiro atoms. The average Bonchev–Trinajstić information content (AvgIpc) is 2.95. The Morgan fingerprint density at radius 3 is 2.03 bits per heavy atom. The van der Waals surface area contributed by atoms with Gasteiger partial charge in [0.2, 0.25) is 23.6 Å². The Bertz CT molecular complexity index is 753. The van der Waals surface area contributed by atoms with Crippen LogP contribution in [0.3, 0.4) is 0 Å². The number of carbonyl (C=O) groups is 5. The van der Waals surface area contributed by atoms with Gasteiger partial charge in [0.25, 0.3) is 0 Å². The lowest BCUT2D eigenvalue weighted by Crippen LogP contribution is -2.56. The third-order valence-corrected chi connectivity index (χ3v) is 5.57. The third-order valence-electron chi connectivity index (χ3n) is 5.57. The first kappa shape index (κ1) is 27.5. The molecule has 32 heavy (non-hydrogen) atoms. The molecule has 1 aliphatic rings. The van der Waals surface area contributed by atoms with E-state index in [4.69, 9.17) is 5.11 Å². The molecule has 1 heterocycles. The van der Waals surface area contributed by atoms with E-state index in [2.05, 4.69) is 5.32 Å². The first-order chi connectivity index (χ1) is 14.5. The van der Waals surface area contributed by atoms with Crippen molar-refractivity contribution >= 4 is 29.6 Å². The SMILES string of the molecule is CN(CCN(C)C(=O)C(C)(C)C)C(=O)[C@H](CNCC(=O)O)N1C(=O)CC(C(C)(C)C)C1=O. The second kappa shape index (κ2) is 10.4. The van der Waals surface area contributed by atoms with Crippen LogP contribution in [0.1, 0.15) is 48.0 Å². The van der Waals surface area contributed by atoms with Gasteiger partial charge in [0.05, 0.1) is 12.5 Å². The quantitative estimate of drug-likeness (QED) is 0.483. The number of carboxylic acids is 1. The Hall–Kier alpha value is -2.49. The van der Waals surface area contributed by atoms with Gasteiger partial charge in [-0.25, -0.2) is 0 Å². The number of nitrogens with one attached hydrogen (secondary N) is 1. The minimum absolute atomic E-state index is 0.0115. The standard InChI is InChI=1S/C22H38N4O6/c1-21(2,3)14-11-16(27)26(18(14)30)15(12-23-13-17(28)29)19(31)24(7)9-10-25(8)20(32)22(4,5)6/h14-15,23H,9-13H2,1-8H3,(H,28,29)/t14?,15-/m0/s1. The summed E-state index contributed by atoms with van der Waals surface area (Å²) in [5, 5.41) is 11.5. The maximum absolute atomic E-state index is 13.2. The Labute approximate surface area is 190 Å². The van der Waals surface area contributed by atoms with Crippen molar-refractivity contribution in [2.24, 2.45) is 16.7 Å². The lowest BCUT2D eigenvalue weighted by Gasteiger charge is -2.32. The van der Waals surface area contributed by atoms with Crippen LogP contribution in [0.25, 0.3) is 0 Å². The van der Waals surface area contributed by atoms with E-state index in [1.165, 1.54) is 16.8 Å². The molecule has 1 rings (SSSR count). The fraction of sp³-hybridized carbons (Fsp3) is 0.773. The fourth-order valence-electron chi connectivity index (χ4n) is 3.60. The van der Waals surface area contributed by atoms with E-state index in [0.29, 0.717) is 0 Å². The maximum Gasteiger partial charge on any atom is 0.317 e. The highest BCUT2D eigenvalue weighted by Crippen LogP contribution is 2.36. The molecule has 1 aliphatic heterocycles. The summed E-state index contributed by atoms with van der Waals surface area (Å²) < 4.78 is 0. The van der Waals surface area contributed by atoms with Gasteiger partial charge in [-0.15, -0.1) is 0 Å². The number of aliphatic carboxylic acids is 1. The molecule has 1 fully saturated rings. The van der Waals surface area contributed by atoms with E-state index in [0.717, 1.165) is 4.90 Å². The van der Waals surface area contributed by atoms with Crippen LogP contribution in [0.5, 0.6) is 0 Å². The molecule has 2 N–H and O–H groups in total. The van der Waals surface area contributed by atoms with Crippen molar-refractivity contribution in [2.45, 2.75) is 54.0 Å². The van der Waals surface area contributed by atoms with Crippen LogP contribution in [0.4, 0.5) is 0 Å². The number of hydrogen-bond acceptors (Lipinski definition) is 6. The van der Waals surface area contributed by atoms with Crippen LogP contribution in [0.2, 0.25) is 0 Å². The maximum atomic E-state index is 13.2. The minimum atomic E-state index is -1.16. The molecular weight excluding hydrogens is 416 g/mol. The number of carboxylic acid groups (broad SMARTS) is 1. The van der Waals surface area contributed by atoms with E-state index >= 15 is 0 Å². The summed E-state index contributed by atoms with van der Waals surface area (Å²) in [6, 6.07) is -1.16. The van der Waals surface area contributed by atoms with Gasteiger partial charge in [-0.1, -0.05) is 41.5 Å². The number of likely N-dealkylation sites (tertiary alicyclic amines) is 1. The Balaban J connectivity index is 3.01. The van der Waals surface area contributed by atoms with Gasteiger partial charge in [0.1, 0.15) is 6.04 Å². The van der Waals surface area contributed by atoms with Crippen molar-refractivity contribution in [2.75, 3.05) is 40.3 Å². The van der Waals surface area contributed by atoms with Gasteiger partial charge in [-0.2, -0.15) is 0 Å². The van der Waals surface area contributed by atoms with Crippen molar-refractivity contribution in [3.05, 3.63) is 0 Å². The largest absolute Gasteiger partial charge is 0.480 e. The van der Waals surface area contributed by atoms with E-state index in [1.54, 1.807) is 27.8 Å². The molecule has 10 nitrogen and oxygen atoms in total. The molecule has 182 valence electrons.